The van der Waals surface area contributed by atoms with Crippen LogP contribution in [-0.2, 0) is 16.1 Å². The predicted octanol–water partition coefficient (Wildman–Crippen LogP) is 0.504. The van der Waals surface area contributed by atoms with Crippen molar-refractivity contribution in [2.45, 2.75) is 6.54 Å². The number of nitrogens with zero attached hydrogens (tertiary/aromatic N) is 3. The molecule has 1 saturated heterocycles. The molecular weight excluding hydrogens is 384 g/mol. The van der Waals surface area contributed by atoms with Crippen LogP contribution in [0.4, 0.5) is 5.69 Å². The number of Topliss-reactive ketones (excluding diaryl/α,β-unsaturated/α-hetero) is 1. The van der Waals surface area contributed by atoms with Crippen LogP contribution in [0.5, 0.6) is 0 Å². The van der Waals surface area contributed by atoms with Gasteiger partial charge in [0.2, 0.25) is 0 Å². The number of nitrogens with two attached hydrogens (primary N) is 1. The van der Waals surface area contributed by atoms with Crippen LogP contribution in [0.2, 0.25) is 0 Å². The van der Waals surface area contributed by atoms with Crippen molar-refractivity contribution in [3.63, 3.8) is 0 Å². The zero-order valence-electron chi connectivity index (χ0n) is 16.7. The quantitative estimate of drug-likeness (QED) is 0.452. The number of nitrogens with one attached hydrogen (secondary N) is 2. The van der Waals surface area contributed by atoms with Gasteiger partial charge in [-0.2, -0.15) is 0 Å². The van der Waals surface area contributed by atoms with Gasteiger partial charge in [-0.25, -0.2) is 4.98 Å². The van der Waals surface area contributed by atoms with Crippen molar-refractivity contribution in [1.82, 2.24) is 14.8 Å². The Morgan fingerprint density at radius 1 is 1.07 bits per heavy atom. The maximum Gasteiger partial charge on any atom is 0.291 e. The number of rotatable bonds is 7. The number of carbonyl (C=O) groups is 3. The summed E-state index contributed by atoms with van der Waals surface area (Å²) < 4.78 is 0. The number of pyridine rings is 1. The van der Waals surface area contributed by atoms with E-state index >= 15 is 0 Å². The van der Waals surface area contributed by atoms with E-state index in [0.717, 1.165) is 19.6 Å². The Bertz CT molecular complexity index is 968. The SMILES string of the molecule is CNc1ccc(C(=O)N2CCN(Cc3ccccc3)CC2)nc1C(=N)C(=O)C(N)=O. The fraction of sp³-hybridized carbons (Fsp3) is 0.286. The van der Waals surface area contributed by atoms with Crippen LogP contribution < -0.4 is 11.1 Å². The van der Waals surface area contributed by atoms with Crippen LogP contribution >= 0.6 is 0 Å². The molecule has 9 heteroatoms. The molecule has 0 radical (unpaired) electrons. The van der Waals surface area contributed by atoms with Crippen molar-refractivity contribution < 1.29 is 14.4 Å². The maximum absolute atomic E-state index is 12.9. The van der Waals surface area contributed by atoms with Gasteiger partial charge in [-0.1, -0.05) is 30.3 Å². The molecular formula is C21H24N6O3. The van der Waals surface area contributed by atoms with E-state index in [9.17, 15) is 14.4 Å². The second-order valence-electron chi connectivity index (χ2n) is 6.96. The summed E-state index contributed by atoms with van der Waals surface area (Å²) >= 11 is 0. The molecule has 2 heterocycles. The van der Waals surface area contributed by atoms with Gasteiger partial charge in [0.05, 0.1) is 5.69 Å². The normalized spacial score (nSPS) is 14.2. The molecule has 2 amide bonds. The Balaban J connectivity index is 1.70. The third-order valence-corrected chi connectivity index (χ3v) is 4.98. The molecule has 0 spiro atoms. The number of hydrogen-bond donors (Lipinski definition) is 3. The summed E-state index contributed by atoms with van der Waals surface area (Å²) in [7, 11) is 1.59. The lowest BCUT2D eigenvalue weighted by atomic mass is 10.1. The molecule has 156 valence electrons. The number of amides is 2. The third kappa shape index (κ3) is 4.69. The van der Waals surface area contributed by atoms with Crippen molar-refractivity contribution in [3.8, 4) is 0 Å². The first-order valence-corrected chi connectivity index (χ1v) is 9.58. The zero-order valence-corrected chi connectivity index (χ0v) is 16.7. The molecule has 1 aliphatic heterocycles. The first kappa shape index (κ1) is 21.1. The Morgan fingerprint density at radius 2 is 1.73 bits per heavy atom. The largest absolute Gasteiger partial charge is 0.386 e. The summed E-state index contributed by atoms with van der Waals surface area (Å²) in [4.78, 5) is 44.0. The Labute approximate surface area is 174 Å². The lowest BCUT2D eigenvalue weighted by molar-refractivity contribution is -0.132. The highest BCUT2D eigenvalue weighted by Crippen LogP contribution is 2.17. The van der Waals surface area contributed by atoms with Gasteiger partial charge in [-0.15, -0.1) is 0 Å². The number of ketones is 1. The minimum Gasteiger partial charge on any atom is -0.386 e. The van der Waals surface area contributed by atoms with E-state index in [-0.39, 0.29) is 17.3 Å². The zero-order chi connectivity index (χ0) is 21.7. The van der Waals surface area contributed by atoms with Crippen molar-refractivity contribution in [1.29, 1.82) is 5.41 Å². The van der Waals surface area contributed by atoms with Gasteiger partial charge in [0.15, 0.2) is 0 Å². The van der Waals surface area contributed by atoms with Gasteiger partial charge in [0, 0.05) is 39.8 Å². The predicted molar refractivity (Wildman–Crippen MR) is 112 cm³/mol. The summed E-state index contributed by atoms with van der Waals surface area (Å²) in [6.45, 7) is 3.40. The maximum atomic E-state index is 12.9. The molecule has 0 unspecified atom stereocenters. The molecule has 30 heavy (non-hydrogen) atoms. The van der Waals surface area contributed by atoms with E-state index in [1.165, 1.54) is 11.6 Å². The molecule has 2 aromatic rings. The summed E-state index contributed by atoms with van der Waals surface area (Å²) in [6.07, 6.45) is 0. The van der Waals surface area contributed by atoms with Gasteiger partial charge >= 0.3 is 0 Å². The van der Waals surface area contributed by atoms with E-state index < -0.39 is 17.4 Å². The molecule has 3 rings (SSSR count). The lowest BCUT2D eigenvalue weighted by Gasteiger charge is -2.34. The number of primary amides is 1. The van der Waals surface area contributed by atoms with Crippen LogP contribution in [0.15, 0.2) is 42.5 Å². The van der Waals surface area contributed by atoms with Crippen LogP contribution in [0.1, 0.15) is 21.7 Å². The molecule has 0 atom stereocenters. The van der Waals surface area contributed by atoms with Crippen LogP contribution in [0.3, 0.4) is 0 Å². The summed E-state index contributed by atoms with van der Waals surface area (Å²) in [6, 6.07) is 13.3. The van der Waals surface area contributed by atoms with Gasteiger partial charge < -0.3 is 16.0 Å². The van der Waals surface area contributed by atoms with Crippen molar-refractivity contribution in [2.75, 3.05) is 38.5 Å². The molecule has 1 aliphatic rings. The monoisotopic (exact) mass is 408 g/mol. The fourth-order valence-corrected chi connectivity index (χ4v) is 3.31. The third-order valence-electron chi connectivity index (χ3n) is 4.98. The molecule has 0 bridgehead atoms. The van der Waals surface area contributed by atoms with Crippen LogP contribution in [-0.4, -0.2) is 71.3 Å². The topological polar surface area (TPSA) is 132 Å². The molecule has 0 saturated carbocycles. The first-order chi connectivity index (χ1) is 14.4. The van der Waals surface area contributed by atoms with E-state index in [1.807, 2.05) is 18.2 Å². The Morgan fingerprint density at radius 3 is 2.33 bits per heavy atom. The van der Waals surface area contributed by atoms with Gasteiger partial charge in [-0.05, 0) is 17.7 Å². The number of aromatic nitrogens is 1. The van der Waals surface area contributed by atoms with Crippen molar-refractivity contribution >= 4 is 29.0 Å². The number of hydrogen-bond acceptors (Lipinski definition) is 7. The average Bonchev–Trinajstić information content (AvgIpc) is 2.78. The Hall–Kier alpha value is -3.59. The van der Waals surface area contributed by atoms with Gasteiger partial charge in [-0.3, -0.25) is 24.7 Å². The Kier molecular flexibility index (Phi) is 6.53. The van der Waals surface area contributed by atoms with Crippen LogP contribution in [0, 0.1) is 5.41 Å². The summed E-state index contributed by atoms with van der Waals surface area (Å²) in [5.74, 6) is -2.68. The van der Waals surface area contributed by atoms with E-state index in [2.05, 4.69) is 27.3 Å². The van der Waals surface area contributed by atoms with Crippen molar-refractivity contribution in [3.05, 3.63) is 59.4 Å². The molecule has 1 aromatic heterocycles. The highest BCUT2D eigenvalue weighted by molar-refractivity contribution is 6.67. The van der Waals surface area contributed by atoms with E-state index in [1.54, 1.807) is 18.0 Å². The number of anilines is 1. The standard InChI is InChI=1S/C21H24N6O3/c1-24-15-7-8-16(25-18(15)17(22)19(28)20(23)29)21(30)27-11-9-26(10-12-27)13-14-5-3-2-4-6-14/h2-8,22,24H,9-13H2,1H3,(H2,23,29). The van der Waals surface area contributed by atoms with E-state index in [4.69, 9.17) is 11.1 Å². The van der Waals surface area contributed by atoms with E-state index in [0.29, 0.717) is 18.8 Å². The lowest BCUT2D eigenvalue weighted by Crippen LogP contribution is -2.48. The smallest absolute Gasteiger partial charge is 0.291 e. The fourth-order valence-electron chi connectivity index (χ4n) is 3.31. The number of benzene rings is 1. The van der Waals surface area contributed by atoms with Gasteiger partial charge in [0.1, 0.15) is 17.1 Å². The summed E-state index contributed by atoms with van der Waals surface area (Å²) in [5.41, 5.74) is 5.97. The second-order valence-corrected chi connectivity index (χ2v) is 6.96. The molecule has 4 N–H and O–H groups in total. The second kappa shape index (κ2) is 9.27. The average molecular weight is 408 g/mol. The summed E-state index contributed by atoms with van der Waals surface area (Å²) in [5, 5.41) is 10.7. The number of carbonyl (C=O) groups excluding carboxylic acids is 3. The molecule has 1 aromatic carbocycles. The molecule has 0 aliphatic carbocycles. The minimum absolute atomic E-state index is 0.0742. The minimum atomic E-state index is -1.24. The highest BCUT2D eigenvalue weighted by Gasteiger charge is 2.26. The van der Waals surface area contributed by atoms with Crippen LogP contribution in [0.25, 0.3) is 0 Å². The molecule has 1 fully saturated rings. The highest BCUT2D eigenvalue weighted by atomic mass is 16.2. The van der Waals surface area contributed by atoms with Crippen molar-refractivity contribution in [2.24, 2.45) is 5.73 Å². The number of piperazine rings is 1. The first-order valence-electron chi connectivity index (χ1n) is 9.58. The molecule has 9 nitrogen and oxygen atoms in total. The van der Waals surface area contributed by atoms with Gasteiger partial charge in [0.25, 0.3) is 17.6 Å².